The Morgan fingerprint density at radius 1 is 1.15 bits per heavy atom. The average Bonchev–Trinajstić information content (AvgIpc) is 3.25. The summed E-state index contributed by atoms with van der Waals surface area (Å²) in [6.07, 6.45) is 1.37. The number of sulfonamides is 1. The van der Waals surface area contributed by atoms with Gasteiger partial charge in [-0.3, -0.25) is 0 Å². The van der Waals surface area contributed by atoms with Crippen LogP contribution in [0.25, 0.3) is 0 Å². The Bertz CT molecular complexity index is 916. The normalized spacial score (nSPS) is 14.3. The van der Waals surface area contributed by atoms with Crippen LogP contribution in [0, 0.1) is 11.6 Å². The molecule has 0 unspecified atom stereocenters. The zero-order valence-electron chi connectivity index (χ0n) is 13.4. The van der Waals surface area contributed by atoms with Crippen LogP contribution < -0.4 is 4.72 Å². The molecule has 0 aliphatic heterocycles. The fourth-order valence-electron chi connectivity index (χ4n) is 2.50. The van der Waals surface area contributed by atoms with Gasteiger partial charge in [-0.05, 0) is 41.3 Å². The highest BCUT2D eigenvalue weighted by Crippen LogP contribution is 2.32. The number of aliphatic hydroxyl groups is 1. The van der Waals surface area contributed by atoms with Crippen molar-refractivity contribution >= 4 is 21.4 Å². The van der Waals surface area contributed by atoms with Crippen LogP contribution in [0.4, 0.5) is 8.78 Å². The van der Waals surface area contributed by atoms with E-state index in [1.54, 1.807) is 23.6 Å². The van der Waals surface area contributed by atoms with Crippen LogP contribution in [0.2, 0.25) is 0 Å². The molecule has 1 atom stereocenters. The van der Waals surface area contributed by atoms with Crippen LogP contribution in [0.15, 0.2) is 58.5 Å². The molecule has 1 aromatic carbocycles. The van der Waals surface area contributed by atoms with Crippen LogP contribution in [0.1, 0.15) is 16.2 Å². The SMILES string of the molecule is O=S(=O)(Cc1cc(F)cc(F)c1)NC[C@@](O)(c1ccco1)c1cccs1. The number of nitrogens with one attached hydrogen (secondary N) is 1. The maximum Gasteiger partial charge on any atom is 0.215 e. The molecular weight excluding hydrogens is 384 g/mol. The summed E-state index contributed by atoms with van der Waals surface area (Å²) in [4.78, 5) is 0.493. The van der Waals surface area contributed by atoms with Crippen molar-refractivity contribution in [2.24, 2.45) is 0 Å². The fourth-order valence-corrected chi connectivity index (χ4v) is 4.47. The second-order valence-electron chi connectivity index (χ2n) is 5.67. The minimum Gasteiger partial charge on any atom is -0.466 e. The van der Waals surface area contributed by atoms with Gasteiger partial charge in [0.2, 0.25) is 10.0 Å². The van der Waals surface area contributed by atoms with E-state index in [0.717, 1.165) is 12.1 Å². The van der Waals surface area contributed by atoms with Crippen molar-refractivity contribution in [3.63, 3.8) is 0 Å². The first-order valence-electron chi connectivity index (χ1n) is 7.51. The molecule has 5 nitrogen and oxygen atoms in total. The van der Waals surface area contributed by atoms with Crippen molar-refractivity contribution < 1.29 is 26.7 Å². The predicted molar refractivity (Wildman–Crippen MR) is 93.0 cm³/mol. The third-order valence-electron chi connectivity index (χ3n) is 3.68. The molecule has 2 N–H and O–H groups in total. The van der Waals surface area contributed by atoms with Crippen molar-refractivity contribution in [2.45, 2.75) is 11.4 Å². The number of hydrogen-bond donors (Lipinski definition) is 2. The summed E-state index contributed by atoms with van der Waals surface area (Å²) >= 11 is 1.24. The Balaban J connectivity index is 1.80. The first kappa shape index (κ1) is 18.7. The number of hydrogen-bond acceptors (Lipinski definition) is 5. The summed E-state index contributed by atoms with van der Waals surface area (Å²) in [5.74, 6) is -2.17. The minimum absolute atomic E-state index is 0.0346. The van der Waals surface area contributed by atoms with Crippen molar-refractivity contribution in [1.29, 1.82) is 0 Å². The number of rotatable bonds is 7. The zero-order valence-corrected chi connectivity index (χ0v) is 15.0. The Kier molecular flexibility index (Phi) is 5.24. The number of halogens is 2. The van der Waals surface area contributed by atoms with Gasteiger partial charge in [0, 0.05) is 10.9 Å². The highest BCUT2D eigenvalue weighted by Gasteiger charge is 2.36. The van der Waals surface area contributed by atoms with E-state index in [-0.39, 0.29) is 17.9 Å². The van der Waals surface area contributed by atoms with Crippen LogP contribution in [-0.2, 0) is 21.4 Å². The zero-order chi connectivity index (χ0) is 18.8. The Morgan fingerprint density at radius 2 is 1.88 bits per heavy atom. The smallest absolute Gasteiger partial charge is 0.215 e. The monoisotopic (exact) mass is 399 g/mol. The fraction of sp³-hybridized carbons (Fsp3) is 0.176. The Hall–Kier alpha value is -2.07. The molecule has 0 spiro atoms. The predicted octanol–water partition coefficient (Wildman–Crippen LogP) is 2.97. The van der Waals surface area contributed by atoms with Gasteiger partial charge in [0.25, 0.3) is 0 Å². The van der Waals surface area contributed by atoms with Crippen molar-refractivity contribution in [1.82, 2.24) is 4.72 Å². The van der Waals surface area contributed by atoms with Crippen LogP contribution in [0.5, 0.6) is 0 Å². The summed E-state index contributed by atoms with van der Waals surface area (Å²) in [5.41, 5.74) is -1.73. The molecule has 0 radical (unpaired) electrons. The van der Waals surface area contributed by atoms with Crippen molar-refractivity contribution in [3.8, 4) is 0 Å². The van der Waals surface area contributed by atoms with Gasteiger partial charge in [-0.15, -0.1) is 11.3 Å². The van der Waals surface area contributed by atoms with Crippen LogP contribution >= 0.6 is 11.3 Å². The molecule has 0 bridgehead atoms. The van der Waals surface area contributed by atoms with E-state index in [2.05, 4.69) is 4.72 Å². The summed E-state index contributed by atoms with van der Waals surface area (Å²) in [7, 11) is -3.96. The van der Waals surface area contributed by atoms with E-state index < -0.39 is 33.0 Å². The minimum atomic E-state index is -3.96. The van der Waals surface area contributed by atoms with E-state index in [9.17, 15) is 22.3 Å². The first-order chi connectivity index (χ1) is 12.3. The molecule has 0 aliphatic carbocycles. The summed E-state index contributed by atoms with van der Waals surface area (Å²) in [6.45, 7) is -0.388. The topological polar surface area (TPSA) is 79.5 Å². The van der Waals surface area contributed by atoms with Crippen molar-refractivity contribution in [2.75, 3.05) is 6.54 Å². The lowest BCUT2D eigenvalue weighted by molar-refractivity contribution is 0.0655. The van der Waals surface area contributed by atoms with Crippen molar-refractivity contribution in [3.05, 3.63) is 81.9 Å². The molecule has 3 rings (SSSR count). The molecule has 0 saturated heterocycles. The van der Waals surface area contributed by atoms with Gasteiger partial charge in [0.1, 0.15) is 17.4 Å². The second kappa shape index (κ2) is 7.28. The van der Waals surface area contributed by atoms with E-state index in [1.807, 2.05) is 0 Å². The van der Waals surface area contributed by atoms with Gasteiger partial charge in [-0.25, -0.2) is 21.9 Å². The van der Waals surface area contributed by atoms with E-state index in [0.29, 0.717) is 10.9 Å². The summed E-state index contributed by atoms with van der Waals surface area (Å²) < 4.78 is 58.7. The van der Waals surface area contributed by atoms with E-state index in [1.165, 1.54) is 23.7 Å². The molecule has 9 heteroatoms. The highest BCUT2D eigenvalue weighted by molar-refractivity contribution is 7.88. The second-order valence-corrected chi connectivity index (χ2v) is 8.43. The van der Waals surface area contributed by atoms with Gasteiger partial charge in [-0.2, -0.15) is 0 Å². The third-order valence-corrected chi connectivity index (χ3v) is 6.00. The summed E-state index contributed by atoms with van der Waals surface area (Å²) in [5, 5.41) is 12.8. The lowest BCUT2D eigenvalue weighted by Gasteiger charge is -2.25. The first-order valence-corrected chi connectivity index (χ1v) is 10.0. The number of thiophene rings is 1. The molecule has 138 valence electrons. The van der Waals surface area contributed by atoms with E-state index >= 15 is 0 Å². The van der Waals surface area contributed by atoms with Gasteiger partial charge < -0.3 is 9.52 Å². The summed E-state index contributed by atoms with van der Waals surface area (Å²) in [6, 6.07) is 9.05. The molecule has 3 aromatic rings. The maximum atomic E-state index is 13.2. The molecule has 0 fully saturated rings. The Morgan fingerprint density at radius 3 is 2.46 bits per heavy atom. The lowest BCUT2D eigenvalue weighted by atomic mass is 9.99. The van der Waals surface area contributed by atoms with Gasteiger partial charge in [-0.1, -0.05) is 6.07 Å². The molecule has 0 amide bonds. The highest BCUT2D eigenvalue weighted by atomic mass is 32.2. The maximum absolute atomic E-state index is 13.2. The molecule has 0 saturated carbocycles. The van der Waals surface area contributed by atoms with Gasteiger partial charge in [0.15, 0.2) is 5.60 Å². The molecular formula is C17H15F2NO4S2. The Labute approximate surface area is 153 Å². The van der Waals surface area contributed by atoms with E-state index in [4.69, 9.17) is 4.42 Å². The third kappa shape index (κ3) is 4.18. The van der Waals surface area contributed by atoms with Crippen LogP contribution in [0.3, 0.4) is 0 Å². The molecule has 26 heavy (non-hydrogen) atoms. The quantitative estimate of drug-likeness (QED) is 0.640. The molecule has 2 heterocycles. The molecule has 2 aromatic heterocycles. The van der Waals surface area contributed by atoms with Gasteiger partial charge >= 0.3 is 0 Å². The lowest BCUT2D eigenvalue weighted by Crippen LogP contribution is -2.41. The van der Waals surface area contributed by atoms with Gasteiger partial charge in [0.05, 0.1) is 18.6 Å². The number of furan rings is 1. The standard InChI is InChI=1S/C17H15F2NO4S2/c18-13-7-12(8-14(19)9-13)10-26(22,23)20-11-17(21,15-3-1-5-24-15)16-4-2-6-25-16/h1-9,20-21H,10-11H2/t17-/m1/s1. The number of benzene rings is 1. The van der Waals surface area contributed by atoms with Crippen LogP contribution in [-0.4, -0.2) is 20.1 Å². The largest absolute Gasteiger partial charge is 0.466 e. The molecule has 0 aliphatic rings. The average molecular weight is 399 g/mol.